The Kier molecular flexibility index (Phi) is 3.03. The number of hydrogen-bond acceptors (Lipinski definition) is 5. The van der Waals surface area contributed by atoms with Gasteiger partial charge in [0.2, 0.25) is 0 Å². The number of nitrogens with zero attached hydrogens (tertiary/aromatic N) is 3. The molecular weight excluding hydrogens is 208 g/mol. The highest BCUT2D eigenvalue weighted by Gasteiger charge is 2.05. The normalized spacial score (nSPS) is 10.5. The number of nitrogens with one attached hydrogen (secondary N) is 1. The first-order valence-corrected chi connectivity index (χ1v) is 5.51. The average molecular weight is 220 g/mol. The topological polar surface area (TPSA) is 50.7 Å². The van der Waals surface area contributed by atoms with Crippen molar-refractivity contribution in [2.24, 2.45) is 0 Å². The Hall–Kier alpha value is -1.33. The zero-order valence-corrected chi connectivity index (χ0v) is 9.51. The highest BCUT2D eigenvalue weighted by Crippen LogP contribution is 2.22. The van der Waals surface area contributed by atoms with Crippen LogP contribution in [0.15, 0.2) is 18.3 Å². The van der Waals surface area contributed by atoms with Crippen molar-refractivity contribution in [2.45, 2.75) is 13.5 Å². The lowest BCUT2D eigenvalue weighted by atomic mass is 10.3. The first kappa shape index (κ1) is 10.2. The minimum Gasteiger partial charge on any atom is -0.313 e. The van der Waals surface area contributed by atoms with Crippen LogP contribution in [0.25, 0.3) is 10.6 Å². The lowest BCUT2D eigenvalue weighted by Gasteiger charge is -1.94. The van der Waals surface area contributed by atoms with E-state index in [1.54, 1.807) is 11.3 Å². The third-order valence-electron chi connectivity index (χ3n) is 1.95. The minimum absolute atomic E-state index is 0.761. The van der Waals surface area contributed by atoms with Gasteiger partial charge in [-0.1, -0.05) is 11.3 Å². The fourth-order valence-corrected chi connectivity index (χ4v) is 2.03. The molecule has 1 N–H and O–H groups in total. The summed E-state index contributed by atoms with van der Waals surface area (Å²) in [4.78, 5) is 4.23. The number of rotatable bonds is 3. The van der Waals surface area contributed by atoms with Gasteiger partial charge in [-0.3, -0.25) is 4.98 Å². The molecule has 0 unspecified atom stereocenters. The quantitative estimate of drug-likeness (QED) is 0.854. The standard InChI is InChI=1S/C10H12N4S/c1-7-3-4-8(5-12-7)10-14-13-9(15-10)6-11-2/h3-5,11H,6H2,1-2H3. The van der Waals surface area contributed by atoms with Crippen LogP contribution in [-0.2, 0) is 6.54 Å². The molecule has 0 fully saturated rings. The lowest BCUT2D eigenvalue weighted by Crippen LogP contribution is -2.04. The van der Waals surface area contributed by atoms with Crippen molar-refractivity contribution in [3.05, 3.63) is 29.0 Å². The Morgan fingerprint density at radius 1 is 1.33 bits per heavy atom. The van der Waals surface area contributed by atoms with E-state index in [9.17, 15) is 0 Å². The molecule has 2 aromatic heterocycles. The predicted molar refractivity (Wildman–Crippen MR) is 60.6 cm³/mol. The van der Waals surface area contributed by atoms with Gasteiger partial charge in [0.25, 0.3) is 0 Å². The molecule has 0 saturated heterocycles. The molecule has 0 saturated carbocycles. The van der Waals surface area contributed by atoms with E-state index in [1.807, 2.05) is 32.3 Å². The number of aryl methyl sites for hydroxylation is 1. The monoisotopic (exact) mass is 220 g/mol. The van der Waals surface area contributed by atoms with Crippen molar-refractivity contribution < 1.29 is 0 Å². The van der Waals surface area contributed by atoms with Crippen LogP contribution in [0.2, 0.25) is 0 Å². The molecular formula is C10H12N4S. The summed E-state index contributed by atoms with van der Waals surface area (Å²) in [6.45, 7) is 2.73. The van der Waals surface area contributed by atoms with Gasteiger partial charge >= 0.3 is 0 Å². The number of pyridine rings is 1. The van der Waals surface area contributed by atoms with Crippen molar-refractivity contribution in [3.8, 4) is 10.6 Å². The largest absolute Gasteiger partial charge is 0.313 e. The van der Waals surface area contributed by atoms with Gasteiger partial charge in [0, 0.05) is 24.0 Å². The summed E-state index contributed by atoms with van der Waals surface area (Å²) >= 11 is 1.59. The maximum absolute atomic E-state index is 4.23. The molecule has 0 aliphatic heterocycles. The SMILES string of the molecule is CNCc1nnc(-c2ccc(C)nc2)s1. The molecule has 0 amide bonds. The van der Waals surface area contributed by atoms with E-state index in [1.165, 1.54) is 0 Å². The van der Waals surface area contributed by atoms with Crippen LogP contribution in [0.5, 0.6) is 0 Å². The fourth-order valence-electron chi connectivity index (χ4n) is 1.19. The van der Waals surface area contributed by atoms with Gasteiger partial charge in [-0.15, -0.1) is 10.2 Å². The third kappa shape index (κ3) is 2.37. The maximum Gasteiger partial charge on any atom is 0.149 e. The van der Waals surface area contributed by atoms with Crippen molar-refractivity contribution in [1.82, 2.24) is 20.5 Å². The van der Waals surface area contributed by atoms with Crippen LogP contribution in [0.1, 0.15) is 10.7 Å². The molecule has 15 heavy (non-hydrogen) atoms. The Labute approximate surface area is 92.4 Å². The summed E-state index contributed by atoms with van der Waals surface area (Å²) in [5.74, 6) is 0. The van der Waals surface area contributed by atoms with Crippen molar-refractivity contribution >= 4 is 11.3 Å². The van der Waals surface area contributed by atoms with Crippen LogP contribution >= 0.6 is 11.3 Å². The molecule has 78 valence electrons. The van der Waals surface area contributed by atoms with Crippen molar-refractivity contribution in [3.63, 3.8) is 0 Å². The van der Waals surface area contributed by atoms with E-state index in [2.05, 4.69) is 20.5 Å². The molecule has 0 aromatic carbocycles. The second kappa shape index (κ2) is 4.46. The molecule has 0 bridgehead atoms. The molecule has 0 spiro atoms. The highest BCUT2D eigenvalue weighted by molar-refractivity contribution is 7.14. The first-order chi connectivity index (χ1) is 7.29. The summed E-state index contributed by atoms with van der Waals surface area (Å²) in [6, 6.07) is 4.00. The van der Waals surface area contributed by atoms with E-state index in [0.29, 0.717) is 0 Å². The highest BCUT2D eigenvalue weighted by atomic mass is 32.1. The zero-order chi connectivity index (χ0) is 10.7. The van der Waals surface area contributed by atoms with E-state index in [-0.39, 0.29) is 0 Å². The summed E-state index contributed by atoms with van der Waals surface area (Å²) in [7, 11) is 1.90. The molecule has 2 aromatic rings. The number of aromatic nitrogens is 3. The molecule has 0 radical (unpaired) electrons. The molecule has 2 heterocycles. The van der Waals surface area contributed by atoms with Crippen LogP contribution < -0.4 is 5.32 Å². The zero-order valence-electron chi connectivity index (χ0n) is 8.69. The fraction of sp³-hybridized carbons (Fsp3) is 0.300. The van der Waals surface area contributed by atoms with Gasteiger partial charge in [-0.25, -0.2) is 0 Å². The summed E-state index contributed by atoms with van der Waals surface area (Å²) < 4.78 is 0. The molecule has 4 nitrogen and oxygen atoms in total. The Morgan fingerprint density at radius 2 is 2.20 bits per heavy atom. The van der Waals surface area contributed by atoms with Gasteiger partial charge < -0.3 is 5.32 Å². The van der Waals surface area contributed by atoms with Crippen LogP contribution in [0.4, 0.5) is 0 Å². The second-order valence-electron chi connectivity index (χ2n) is 3.22. The van der Waals surface area contributed by atoms with Crippen LogP contribution in [0, 0.1) is 6.92 Å². The predicted octanol–water partition coefficient (Wildman–Crippen LogP) is 1.63. The average Bonchev–Trinajstić information content (AvgIpc) is 2.68. The molecule has 0 atom stereocenters. The smallest absolute Gasteiger partial charge is 0.149 e. The second-order valence-corrected chi connectivity index (χ2v) is 4.28. The van der Waals surface area contributed by atoms with Crippen LogP contribution in [0.3, 0.4) is 0 Å². The molecule has 0 aliphatic carbocycles. The first-order valence-electron chi connectivity index (χ1n) is 4.69. The van der Waals surface area contributed by atoms with Gasteiger partial charge in [-0.05, 0) is 26.1 Å². The van der Waals surface area contributed by atoms with E-state index < -0.39 is 0 Å². The lowest BCUT2D eigenvalue weighted by molar-refractivity contribution is 0.795. The van der Waals surface area contributed by atoms with Crippen molar-refractivity contribution in [2.75, 3.05) is 7.05 Å². The summed E-state index contributed by atoms with van der Waals surface area (Å²) in [5, 5.41) is 13.2. The third-order valence-corrected chi connectivity index (χ3v) is 2.93. The minimum atomic E-state index is 0.761. The summed E-state index contributed by atoms with van der Waals surface area (Å²) in [5.41, 5.74) is 2.04. The Balaban J connectivity index is 2.25. The van der Waals surface area contributed by atoms with Gasteiger partial charge in [0.05, 0.1) is 0 Å². The Bertz CT molecular complexity index is 435. The Morgan fingerprint density at radius 3 is 2.87 bits per heavy atom. The molecule has 0 aliphatic rings. The van der Waals surface area contributed by atoms with E-state index >= 15 is 0 Å². The van der Waals surface area contributed by atoms with E-state index in [0.717, 1.165) is 27.8 Å². The molecule has 2 rings (SSSR count). The van der Waals surface area contributed by atoms with E-state index in [4.69, 9.17) is 0 Å². The van der Waals surface area contributed by atoms with Crippen LogP contribution in [-0.4, -0.2) is 22.2 Å². The number of hydrogen-bond donors (Lipinski definition) is 1. The maximum atomic E-state index is 4.23. The van der Waals surface area contributed by atoms with Crippen molar-refractivity contribution in [1.29, 1.82) is 0 Å². The molecule has 5 heteroatoms. The van der Waals surface area contributed by atoms with Gasteiger partial charge in [0.1, 0.15) is 10.0 Å². The van der Waals surface area contributed by atoms with Gasteiger partial charge in [-0.2, -0.15) is 0 Å². The summed E-state index contributed by atoms with van der Waals surface area (Å²) in [6.07, 6.45) is 1.83. The van der Waals surface area contributed by atoms with Gasteiger partial charge in [0.15, 0.2) is 0 Å².